The zero-order valence-electron chi connectivity index (χ0n) is 11.6. The molecule has 8 heteroatoms. The number of hydrogen-bond acceptors (Lipinski definition) is 5. The van der Waals surface area contributed by atoms with Crippen LogP contribution in [0.25, 0.3) is 0 Å². The number of rotatable bonds is 8. The molecule has 1 aromatic rings. The van der Waals surface area contributed by atoms with Crippen molar-refractivity contribution in [3.05, 3.63) is 24.3 Å². The van der Waals surface area contributed by atoms with Gasteiger partial charge in [-0.1, -0.05) is 19.1 Å². The highest BCUT2D eigenvalue weighted by Crippen LogP contribution is 2.22. The van der Waals surface area contributed by atoms with Gasteiger partial charge in [-0.15, -0.1) is 0 Å². The Morgan fingerprint density at radius 3 is 2.48 bits per heavy atom. The first-order valence-corrected chi connectivity index (χ1v) is 8.06. The van der Waals surface area contributed by atoms with Gasteiger partial charge in [-0.3, -0.25) is 9.59 Å². The van der Waals surface area contributed by atoms with Crippen molar-refractivity contribution in [3.8, 4) is 0 Å². The van der Waals surface area contributed by atoms with Crippen molar-refractivity contribution in [2.45, 2.75) is 18.2 Å². The Morgan fingerprint density at radius 2 is 1.86 bits per heavy atom. The van der Waals surface area contributed by atoms with Crippen LogP contribution in [-0.2, 0) is 19.4 Å². The summed E-state index contributed by atoms with van der Waals surface area (Å²) in [6.45, 7) is 1.09. The molecule has 7 nitrogen and oxygen atoms in total. The van der Waals surface area contributed by atoms with Crippen LogP contribution < -0.4 is 10.6 Å². The van der Waals surface area contributed by atoms with E-state index in [0.717, 1.165) is 0 Å². The van der Waals surface area contributed by atoms with Gasteiger partial charge < -0.3 is 15.7 Å². The molecule has 116 valence electrons. The minimum absolute atomic E-state index is 0.0247. The summed E-state index contributed by atoms with van der Waals surface area (Å²) in [7, 11) is -3.40. The van der Waals surface area contributed by atoms with E-state index in [-0.39, 0.29) is 17.2 Å². The number of nitrogens with one attached hydrogen (secondary N) is 2. The second kappa shape index (κ2) is 7.63. The highest BCUT2D eigenvalue weighted by atomic mass is 32.2. The minimum Gasteiger partial charge on any atom is -0.480 e. The fraction of sp³-hybridized carbons (Fsp3) is 0.385. The van der Waals surface area contributed by atoms with E-state index in [0.29, 0.717) is 12.1 Å². The first kappa shape index (κ1) is 17.0. The number of aliphatic carboxylic acids is 1. The number of amides is 1. The SMILES string of the molecule is CCCS(=O)(=O)c1ccccc1NCC(=O)NCC(=O)O. The molecule has 0 aromatic heterocycles. The maximum atomic E-state index is 12.1. The zero-order valence-corrected chi connectivity index (χ0v) is 12.4. The lowest BCUT2D eigenvalue weighted by Crippen LogP contribution is -2.34. The molecule has 0 bridgehead atoms. The van der Waals surface area contributed by atoms with Gasteiger partial charge in [-0.05, 0) is 18.6 Å². The van der Waals surface area contributed by atoms with Crippen molar-refractivity contribution in [2.75, 3.05) is 24.2 Å². The molecule has 3 N–H and O–H groups in total. The third-order valence-corrected chi connectivity index (χ3v) is 4.54. The second-order valence-corrected chi connectivity index (χ2v) is 6.42. The monoisotopic (exact) mass is 314 g/mol. The second-order valence-electron chi connectivity index (χ2n) is 4.34. The molecule has 0 saturated carbocycles. The molecule has 0 saturated heterocycles. The van der Waals surface area contributed by atoms with E-state index in [1.165, 1.54) is 6.07 Å². The predicted octanol–water partition coefficient (Wildman–Crippen LogP) is 0.483. The zero-order chi connectivity index (χ0) is 15.9. The number of sulfone groups is 1. The van der Waals surface area contributed by atoms with Gasteiger partial charge in [-0.2, -0.15) is 0 Å². The lowest BCUT2D eigenvalue weighted by molar-refractivity contribution is -0.137. The fourth-order valence-corrected chi connectivity index (χ4v) is 3.19. The van der Waals surface area contributed by atoms with Crippen molar-refractivity contribution >= 4 is 27.4 Å². The average Bonchev–Trinajstić information content (AvgIpc) is 2.43. The Labute approximate surface area is 123 Å². The summed E-state index contributed by atoms with van der Waals surface area (Å²) in [4.78, 5) is 21.9. The number of benzene rings is 1. The number of anilines is 1. The Hall–Kier alpha value is -2.09. The number of hydrogen-bond donors (Lipinski definition) is 3. The number of carbonyl (C=O) groups excluding carboxylic acids is 1. The van der Waals surface area contributed by atoms with Crippen molar-refractivity contribution < 1.29 is 23.1 Å². The van der Waals surface area contributed by atoms with Crippen LogP contribution in [0.1, 0.15) is 13.3 Å². The van der Waals surface area contributed by atoms with Crippen LogP contribution in [0.3, 0.4) is 0 Å². The largest absolute Gasteiger partial charge is 0.480 e. The molecule has 0 fully saturated rings. The number of para-hydroxylation sites is 1. The van der Waals surface area contributed by atoms with Crippen LogP contribution in [0.4, 0.5) is 5.69 Å². The summed E-state index contributed by atoms with van der Waals surface area (Å²) < 4.78 is 24.2. The van der Waals surface area contributed by atoms with E-state index < -0.39 is 28.3 Å². The maximum Gasteiger partial charge on any atom is 0.322 e. The molecule has 1 amide bonds. The highest BCUT2D eigenvalue weighted by Gasteiger charge is 2.17. The topological polar surface area (TPSA) is 113 Å². The Balaban J connectivity index is 2.76. The van der Waals surface area contributed by atoms with Gasteiger partial charge in [0.15, 0.2) is 9.84 Å². The molecule has 0 spiro atoms. The quantitative estimate of drug-likeness (QED) is 0.643. The molecule has 21 heavy (non-hydrogen) atoms. The first-order valence-electron chi connectivity index (χ1n) is 6.41. The lowest BCUT2D eigenvalue weighted by Gasteiger charge is -2.12. The molecule has 0 aliphatic carbocycles. The number of carboxylic acid groups (broad SMARTS) is 1. The Bertz CT molecular complexity index is 613. The van der Waals surface area contributed by atoms with Crippen LogP contribution in [0.15, 0.2) is 29.2 Å². The van der Waals surface area contributed by atoms with Gasteiger partial charge in [0, 0.05) is 0 Å². The summed E-state index contributed by atoms with van der Waals surface area (Å²) in [5.74, 6) is -1.65. The first-order chi connectivity index (χ1) is 9.86. The summed E-state index contributed by atoms with van der Waals surface area (Å²) in [6, 6.07) is 6.30. The van der Waals surface area contributed by atoms with E-state index in [9.17, 15) is 18.0 Å². The standard InChI is InChI=1S/C13H18N2O5S/c1-2-7-21(19,20)11-6-4-3-5-10(11)14-8-12(16)15-9-13(17)18/h3-6,14H,2,7-9H2,1H3,(H,15,16)(H,17,18). The van der Waals surface area contributed by atoms with Crippen molar-refractivity contribution in [1.29, 1.82) is 0 Å². The minimum atomic E-state index is -3.40. The van der Waals surface area contributed by atoms with E-state index in [2.05, 4.69) is 10.6 Å². The summed E-state index contributed by atoms with van der Waals surface area (Å²) in [6.07, 6.45) is 0.496. The highest BCUT2D eigenvalue weighted by molar-refractivity contribution is 7.91. The number of carboxylic acids is 1. The summed E-state index contributed by atoms with van der Waals surface area (Å²) in [5.41, 5.74) is 0.330. The van der Waals surface area contributed by atoms with Crippen molar-refractivity contribution in [2.24, 2.45) is 0 Å². The van der Waals surface area contributed by atoms with Gasteiger partial charge in [-0.25, -0.2) is 8.42 Å². The van der Waals surface area contributed by atoms with Crippen molar-refractivity contribution in [1.82, 2.24) is 5.32 Å². The van der Waals surface area contributed by atoms with Gasteiger partial charge >= 0.3 is 5.97 Å². The van der Waals surface area contributed by atoms with Gasteiger partial charge in [0.2, 0.25) is 5.91 Å². The maximum absolute atomic E-state index is 12.1. The molecule has 0 unspecified atom stereocenters. The normalized spacial score (nSPS) is 10.9. The van der Waals surface area contributed by atoms with Crippen molar-refractivity contribution in [3.63, 3.8) is 0 Å². The molecular weight excluding hydrogens is 296 g/mol. The Morgan fingerprint density at radius 1 is 1.19 bits per heavy atom. The average molecular weight is 314 g/mol. The summed E-state index contributed by atoms with van der Waals surface area (Å²) >= 11 is 0. The molecular formula is C13H18N2O5S. The van der Waals surface area contributed by atoms with Crippen LogP contribution in [0.2, 0.25) is 0 Å². The van der Waals surface area contributed by atoms with E-state index in [1.807, 2.05) is 0 Å². The van der Waals surface area contributed by atoms with E-state index in [1.54, 1.807) is 25.1 Å². The van der Waals surface area contributed by atoms with E-state index in [4.69, 9.17) is 5.11 Å². The lowest BCUT2D eigenvalue weighted by atomic mass is 10.3. The summed E-state index contributed by atoms with van der Waals surface area (Å²) in [5, 5.41) is 13.3. The fourth-order valence-electron chi connectivity index (χ4n) is 1.67. The molecule has 0 aliphatic heterocycles. The van der Waals surface area contributed by atoms with Gasteiger partial charge in [0.25, 0.3) is 0 Å². The third kappa shape index (κ3) is 5.42. The van der Waals surface area contributed by atoms with Crippen LogP contribution >= 0.6 is 0 Å². The molecule has 1 rings (SSSR count). The van der Waals surface area contributed by atoms with Gasteiger partial charge in [0.05, 0.1) is 22.9 Å². The van der Waals surface area contributed by atoms with Crippen LogP contribution in [0, 0.1) is 0 Å². The number of carbonyl (C=O) groups is 2. The van der Waals surface area contributed by atoms with Crippen LogP contribution in [0.5, 0.6) is 0 Å². The molecule has 0 atom stereocenters. The Kier molecular flexibility index (Phi) is 6.16. The molecule has 0 radical (unpaired) electrons. The van der Waals surface area contributed by atoms with E-state index >= 15 is 0 Å². The smallest absolute Gasteiger partial charge is 0.322 e. The third-order valence-electron chi connectivity index (χ3n) is 2.57. The predicted molar refractivity (Wildman–Crippen MR) is 77.9 cm³/mol. The molecule has 1 aromatic carbocycles. The van der Waals surface area contributed by atoms with Gasteiger partial charge in [0.1, 0.15) is 6.54 Å². The molecule has 0 aliphatic rings. The van der Waals surface area contributed by atoms with Crippen LogP contribution in [-0.4, -0.2) is 44.2 Å². The molecule has 0 heterocycles.